The van der Waals surface area contributed by atoms with Crippen LogP contribution in [0.5, 0.6) is 0 Å². The molecular formula is C21H16Cl3N3O3S. The minimum absolute atomic E-state index is 0.233. The molecule has 4 rings (SSSR count). The quantitative estimate of drug-likeness (QED) is 0.543. The first-order chi connectivity index (χ1) is 14.8. The average Bonchev–Trinajstić information content (AvgIpc) is 3.08. The summed E-state index contributed by atoms with van der Waals surface area (Å²) in [6.45, 7) is 0.566. The van der Waals surface area contributed by atoms with Gasteiger partial charge in [0.25, 0.3) is 5.91 Å². The summed E-state index contributed by atoms with van der Waals surface area (Å²) >= 11 is 19.8. The van der Waals surface area contributed by atoms with Crippen LogP contribution >= 0.6 is 46.1 Å². The third-order valence-electron chi connectivity index (χ3n) is 4.90. The second-order valence-corrected chi connectivity index (χ2v) is 9.20. The average molecular weight is 497 g/mol. The summed E-state index contributed by atoms with van der Waals surface area (Å²) in [7, 11) is 0. The van der Waals surface area contributed by atoms with E-state index in [1.807, 2.05) is 24.3 Å². The first-order valence-corrected chi connectivity index (χ1v) is 11.3. The van der Waals surface area contributed by atoms with Crippen LogP contribution in [0.15, 0.2) is 42.5 Å². The van der Waals surface area contributed by atoms with Gasteiger partial charge in [0.2, 0.25) is 11.8 Å². The van der Waals surface area contributed by atoms with E-state index in [9.17, 15) is 14.4 Å². The number of nitrogens with one attached hydrogen (secondary N) is 2. The van der Waals surface area contributed by atoms with E-state index in [0.717, 1.165) is 10.1 Å². The van der Waals surface area contributed by atoms with Gasteiger partial charge in [-0.2, -0.15) is 0 Å². The third-order valence-corrected chi connectivity index (χ3v) is 7.13. The van der Waals surface area contributed by atoms with Gasteiger partial charge in [-0.3, -0.25) is 14.4 Å². The van der Waals surface area contributed by atoms with Gasteiger partial charge in [0, 0.05) is 28.2 Å². The summed E-state index contributed by atoms with van der Waals surface area (Å²) in [5, 5.41) is 7.22. The molecule has 0 spiro atoms. The van der Waals surface area contributed by atoms with Crippen LogP contribution in [0.25, 0.3) is 10.1 Å². The Bertz CT molecular complexity index is 1200. The van der Waals surface area contributed by atoms with E-state index in [1.165, 1.54) is 22.3 Å². The number of carbonyl (C=O) groups is 3. The maximum atomic E-state index is 13.3. The molecule has 0 bridgehead atoms. The lowest BCUT2D eigenvalue weighted by Gasteiger charge is -2.34. The zero-order valence-corrected chi connectivity index (χ0v) is 19.0. The van der Waals surface area contributed by atoms with Crippen molar-refractivity contribution in [1.29, 1.82) is 0 Å². The number of hydrogen-bond donors (Lipinski definition) is 2. The van der Waals surface area contributed by atoms with Crippen molar-refractivity contribution in [2.45, 2.75) is 12.5 Å². The SMILES string of the molecule is O=C(CC1C(=O)NCCN1C(=O)c1sc2ccccc2c1Cl)Nc1cc(Cl)ccc1Cl. The minimum atomic E-state index is -0.972. The van der Waals surface area contributed by atoms with Gasteiger partial charge in [0.1, 0.15) is 10.9 Å². The Labute approximate surface area is 197 Å². The van der Waals surface area contributed by atoms with E-state index in [2.05, 4.69) is 10.6 Å². The van der Waals surface area contributed by atoms with Crippen LogP contribution in [-0.2, 0) is 9.59 Å². The number of rotatable bonds is 4. The van der Waals surface area contributed by atoms with Crippen molar-refractivity contribution in [3.8, 4) is 0 Å². The van der Waals surface area contributed by atoms with Crippen molar-refractivity contribution in [2.75, 3.05) is 18.4 Å². The molecule has 1 aliphatic rings. The number of carbonyl (C=O) groups excluding carboxylic acids is 3. The fourth-order valence-electron chi connectivity index (χ4n) is 3.41. The summed E-state index contributed by atoms with van der Waals surface area (Å²) in [6, 6.07) is 11.1. The Morgan fingerprint density at radius 2 is 1.94 bits per heavy atom. The molecular weight excluding hydrogens is 481 g/mol. The monoisotopic (exact) mass is 495 g/mol. The molecule has 1 unspecified atom stereocenters. The Kier molecular flexibility index (Phi) is 6.39. The molecule has 1 atom stereocenters. The van der Waals surface area contributed by atoms with Crippen LogP contribution in [0.4, 0.5) is 5.69 Å². The first kappa shape index (κ1) is 21.9. The maximum Gasteiger partial charge on any atom is 0.266 e. The highest BCUT2D eigenvalue weighted by Crippen LogP contribution is 2.36. The van der Waals surface area contributed by atoms with Gasteiger partial charge < -0.3 is 15.5 Å². The standard InChI is InChI=1S/C21H16Cl3N3O3S/c22-11-5-6-13(23)14(9-11)26-17(28)10-15-20(29)25-7-8-27(15)21(30)19-18(24)12-3-1-2-4-16(12)31-19/h1-6,9,15H,7-8,10H2,(H,25,29)(H,26,28). The molecule has 2 aromatic carbocycles. The van der Waals surface area contributed by atoms with Crippen LogP contribution in [-0.4, -0.2) is 41.8 Å². The molecule has 0 radical (unpaired) electrons. The Morgan fingerprint density at radius 3 is 2.71 bits per heavy atom. The Balaban J connectivity index is 1.57. The van der Waals surface area contributed by atoms with Crippen molar-refractivity contribution in [3.05, 3.63) is 62.4 Å². The van der Waals surface area contributed by atoms with Crippen molar-refractivity contribution in [1.82, 2.24) is 10.2 Å². The number of halogens is 3. The maximum absolute atomic E-state index is 13.3. The third kappa shape index (κ3) is 4.50. The highest BCUT2D eigenvalue weighted by molar-refractivity contribution is 7.21. The summed E-state index contributed by atoms with van der Waals surface area (Å²) in [5.74, 6) is -1.24. The number of anilines is 1. The van der Waals surface area contributed by atoms with Crippen molar-refractivity contribution >= 4 is 79.6 Å². The molecule has 10 heteroatoms. The number of hydrogen-bond acceptors (Lipinski definition) is 4. The molecule has 2 N–H and O–H groups in total. The minimum Gasteiger partial charge on any atom is -0.353 e. The molecule has 1 aliphatic heterocycles. The van der Waals surface area contributed by atoms with Crippen LogP contribution in [0, 0.1) is 0 Å². The predicted molar refractivity (Wildman–Crippen MR) is 124 cm³/mol. The van der Waals surface area contributed by atoms with Crippen LogP contribution in [0.3, 0.4) is 0 Å². The number of nitrogens with zero attached hydrogens (tertiary/aromatic N) is 1. The van der Waals surface area contributed by atoms with Crippen molar-refractivity contribution < 1.29 is 14.4 Å². The lowest BCUT2D eigenvalue weighted by molar-refractivity contribution is -0.131. The molecule has 0 aliphatic carbocycles. The van der Waals surface area contributed by atoms with Gasteiger partial charge >= 0.3 is 0 Å². The zero-order chi connectivity index (χ0) is 22.1. The van der Waals surface area contributed by atoms with E-state index < -0.39 is 17.9 Å². The molecule has 0 saturated carbocycles. The molecule has 3 amide bonds. The first-order valence-electron chi connectivity index (χ1n) is 9.36. The molecule has 3 aromatic rings. The summed E-state index contributed by atoms with van der Waals surface area (Å²) in [5.41, 5.74) is 0.334. The predicted octanol–water partition coefficient (Wildman–Crippen LogP) is 4.83. The number of amides is 3. The van der Waals surface area contributed by atoms with Crippen molar-refractivity contribution in [2.24, 2.45) is 0 Å². The van der Waals surface area contributed by atoms with E-state index >= 15 is 0 Å². The molecule has 1 saturated heterocycles. The molecule has 31 heavy (non-hydrogen) atoms. The number of fused-ring (bicyclic) bond motifs is 1. The highest BCUT2D eigenvalue weighted by Gasteiger charge is 2.36. The van der Waals surface area contributed by atoms with E-state index in [1.54, 1.807) is 12.1 Å². The summed E-state index contributed by atoms with van der Waals surface area (Å²) in [4.78, 5) is 40.2. The molecule has 1 fully saturated rings. The van der Waals surface area contributed by atoms with Gasteiger partial charge in [-0.1, -0.05) is 53.0 Å². The molecule has 2 heterocycles. The van der Waals surface area contributed by atoms with E-state index in [-0.39, 0.29) is 18.9 Å². The fourth-order valence-corrected chi connectivity index (χ4v) is 5.22. The Morgan fingerprint density at radius 1 is 1.16 bits per heavy atom. The second-order valence-electron chi connectivity index (χ2n) is 6.92. The lowest BCUT2D eigenvalue weighted by Crippen LogP contribution is -2.58. The van der Waals surface area contributed by atoms with Gasteiger partial charge in [-0.05, 0) is 24.3 Å². The summed E-state index contributed by atoms with van der Waals surface area (Å²) in [6.07, 6.45) is -0.233. The molecule has 1 aromatic heterocycles. The number of thiophene rings is 1. The largest absolute Gasteiger partial charge is 0.353 e. The molecule has 160 valence electrons. The normalized spacial score (nSPS) is 16.3. The zero-order valence-electron chi connectivity index (χ0n) is 16.0. The van der Waals surface area contributed by atoms with E-state index in [0.29, 0.717) is 32.2 Å². The topological polar surface area (TPSA) is 78.5 Å². The van der Waals surface area contributed by atoms with Gasteiger partial charge in [-0.15, -0.1) is 11.3 Å². The highest BCUT2D eigenvalue weighted by atomic mass is 35.5. The van der Waals surface area contributed by atoms with Gasteiger partial charge in [0.15, 0.2) is 0 Å². The summed E-state index contributed by atoms with van der Waals surface area (Å²) < 4.78 is 0.877. The Hall–Kier alpha value is -2.32. The van der Waals surface area contributed by atoms with Crippen LogP contribution in [0.2, 0.25) is 15.1 Å². The van der Waals surface area contributed by atoms with Gasteiger partial charge in [0.05, 0.1) is 22.2 Å². The van der Waals surface area contributed by atoms with Crippen molar-refractivity contribution in [3.63, 3.8) is 0 Å². The smallest absolute Gasteiger partial charge is 0.266 e. The van der Waals surface area contributed by atoms with E-state index in [4.69, 9.17) is 34.8 Å². The second kappa shape index (κ2) is 9.04. The van der Waals surface area contributed by atoms with Gasteiger partial charge in [-0.25, -0.2) is 0 Å². The fraction of sp³-hybridized carbons (Fsp3) is 0.190. The molecule has 6 nitrogen and oxygen atoms in total. The van der Waals surface area contributed by atoms with Crippen LogP contribution < -0.4 is 10.6 Å². The number of piperazine rings is 1. The number of benzene rings is 2. The van der Waals surface area contributed by atoms with Crippen LogP contribution in [0.1, 0.15) is 16.1 Å². The lowest BCUT2D eigenvalue weighted by atomic mass is 10.1.